The van der Waals surface area contributed by atoms with E-state index >= 15 is 0 Å². The number of aromatic nitrogens is 1. The van der Waals surface area contributed by atoms with Gasteiger partial charge in [0.25, 0.3) is 0 Å². The van der Waals surface area contributed by atoms with E-state index in [9.17, 15) is 9.18 Å². The quantitative estimate of drug-likeness (QED) is 0.560. The van der Waals surface area contributed by atoms with Crippen LogP contribution in [0, 0.1) is 5.82 Å². The Balaban J connectivity index is 1.75. The third-order valence-electron chi connectivity index (χ3n) is 4.49. The Labute approximate surface area is 172 Å². The molecule has 29 heavy (non-hydrogen) atoms. The van der Waals surface area contributed by atoms with Crippen molar-refractivity contribution in [2.45, 2.75) is 11.4 Å². The molecule has 3 aromatic rings. The summed E-state index contributed by atoms with van der Waals surface area (Å²) in [5, 5.41) is 0. The number of para-hydroxylation sites is 1. The number of urea groups is 1. The Bertz CT molecular complexity index is 1060. The topological polar surface area (TPSA) is 54.9 Å². The van der Waals surface area contributed by atoms with Crippen molar-refractivity contribution in [3.8, 4) is 11.5 Å². The van der Waals surface area contributed by atoms with Crippen molar-refractivity contribution in [1.29, 1.82) is 0 Å². The fourth-order valence-electron chi connectivity index (χ4n) is 3.06. The molecule has 0 saturated heterocycles. The molecule has 0 saturated carbocycles. The molecule has 2 amide bonds. The van der Waals surface area contributed by atoms with Crippen LogP contribution >= 0.6 is 11.9 Å². The van der Waals surface area contributed by atoms with Crippen LogP contribution in [0.15, 0.2) is 65.7 Å². The largest absolute Gasteiger partial charge is 0.493 e. The van der Waals surface area contributed by atoms with Crippen LogP contribution in [0.5, 0.6) is 11.5 Å². The first kappa shape index (κ1) is 19.1. The van der Waals surface area contributed by atoms with Crippen molar-refractivity contribution in [2.75, 3.05) is 23.4 Å². The van der Waals surface area contributed by atoms with Gasteiger partial charge in [0.2, 0.25) is 0 Å². The fourth-order valence-corrected chi connectivity index (χ4v) is 4.06. The van der Waals surface area contributed by atoms with E-state index in [4.69, 9.17) is 9.47 Å². The molecular formula is C21H18FN3O3S. The molecule has 0 unspecified atom stereocenters. The van der Waals surface area contributed by atoms with Gasteiger partial charge in [-0.25, -0.2) is 13.5 Å². The molecule has 4 rings (SSSR count). The predicted molar refractivity (Wildman–Crippen MR) is 110 cm³/mol. The van der Waals surface area contributed by atoms with E-state index in [-0.39, 0.29) is 18.3 Å². The summed E-state index contributed by atoms with van der Waals surface area (Å²) in [7, 11) is 3.09. The highest BCUT2D eigenvalue weighted by Gasteiger charge is 2.33. The normalized spacial score (nSPS) is 13.3. The second kappa shape index (κ2) is 8.00. The summed E-state index contributed by atoms with van der Waals surface area (Å²) in [6.07, 6.45) is 1.51. The second-order valence-electron chi connectivity index (χ2n) is 6.19. The van der Waals surface area contributed by atoms with Crippen molar-refractivity contribution in [3.05, 3.63) is 72.3 Å². The molecule has 1 aliphatic rings. The third-order valence-corrected chi connectivity index (χ3v) is 5.59. The van der Waals surface area contributed by atoms with Crippen molar-refractivity contribution in [2.24, 2.45) is 0 Å². The summed E-state index contributed by atoms with van der Waals surface area (Å²) in [5.74, 6) is 0.631. The van der Waals surface area contributed by atoms with Gasteiger partial charge in [-0.1, -0.05) is 12.1 Å². The molecule has 1 aromatic heterocycles. The van der Waals surface area contributed by atoms with Gasteiger partial charge in [0.05, 0.1) is 42.7 Å². The number of carbonyl (C=O) groups is 1. The second-order valence-corrected chi connectivity index (χ2v) is 7.18. The molecule has 2 aromatic carbocycles. The van der Waals surface area contributed by atoms with Crippen molar-refractivity contribution >= 4 is 29.4 Å². The maximum Gasteiger partial charge on any atom is 0.339 e. The number of hydrogen-bond donors (Lipinski definition) is 0. The molecule has 0 radical (unpaired) electrons. The summed E-state index contributed by atoms with van der Waals surface area (Å²) in [4.78, 5) is 19.9. The van der Waals surface area contributed by atoms with Gasteiger partial charge in [-0.15, -0.1) is 0 Å². The maximum absolute atomic E-state index is 14.2. The predicted octanol–water partition coefficient (Wildman–Crippen LogP) is 4.89. The lowest BCUT2D eigenvalue weighted by Gasteiger charge is -2.35. The number of pyridine rings is 1. The van der Waals surface area contributed by atoms with E-state index in [2.05, 4.69) is 4.98 Å². The third kappa shape index (κ3) is 3.58. The van der Waals surface area contributed by atoms with Crippen LogP contribution in [0.1, 0.15) is 5.69 Å². The molecule has 2 heterocycles. The lowest BCUT2D eigenvalue weighted by Crippen LogP contribution is -2.43. The lowest BCUT2D eigenvalue weighted by atomic mass is 10.2. The highest BCUT2D eigenvalue weighted by atomic mass is 32.2. The number of halogens is 1. The molecule has 148 valence electrons. The van der Waals surface area contributed by atoms with Gasteiger partial charge < -0.3 is 9.47 Å². The minimum Gasteiger partial charge on any atom is -0.493 e. The SMILES string of the molecule is COc1ccc(N2Sc3ccccc3N(Cc3ncccc3F)C2=O)cc1OC. The molecule has 8 heteroatoms. The molecule has 0 atom stereocenters. The summed E-state index contributed by atoms with van der Waals surface area (Å²) in [5.41, 5.74) is 1.54. The molecule has 6 nitrogen and oxygen atoms in total. The Morgan fingerprint density at radius 3 is 2.59 bits per heavy atom. The first-order chi connectivity index (χ1) is 14.1. The van der Waals surface area contributed by atoms with Crippen LogP contribution in [0.25, 0.3) is 0 Å². The van der Waals surface area contributed by atoms with Crippen LogP contribution in [0.2, 0.25) is 0 Å². The number of anilines is 2. The monoisotopic (exact) mass is 411 g/mol. The van der Waals surface area contributed by atoms with Crippen LogP contribution in [0.4, 0.5) is 20.6 Å². The molecular weight excluding hydrogens is 393 g/mol. The van der Waals surface area contributed by atoms with E-state index in [0.29, 0.717) is 22.9 Å². The highest BCUT2D eigenvalue weighted by molar-refractivity contribution is 8.01. The molecule has 0 N–H and O–H groups in total. The van der Waals surface area contributed by atoms with Crippen LogP contribution < -0.4 is 18.7 Å². The Morgan fingerprint density at radius 1 is 1.03 bits per heavy atom. The van der Waals surface area contributed by atoms with Gasteiger partial charge in [-0.05, 0) is 48.3 Å². The molecule has 0 spiro atoms. The van der Waals surface area contributed by atoms with E-state index in [1.165, 1.54) is 42.3 Å². The maximum atomic E-state index is 14.2. The Kier molecular flexibility index (Phi) is 5.26. The summed E-state index contributed by atoms with van der Waals surface area (Å²) in [6, 6.07) is 15.3. The van der Waals surface area contributed by atoms with Crippen LogP contribution in [0.3, 0.4) is 0 Å². The van der Waals surface area contributed by atoms with E-state index in [0.717, 1.165) is 4.90 Å². The first-order valence-electron chi connectivity index (χ1n) is 8.82. The van der Waals surface area contributed by atoms with Crippen molar-refractivity contribution in [1.82, 2.24) is 4.98 Å². The minimum absolute atomic E-state index is 0.0207. The number of hydrogen-bond acceptors (Lipinski definition) is 5. The highest BCUT2D eigenvalue weighted by Crippen LogP contribution is 2.43. The number of nitrogens with zero attached hydrogens (tertiary/aromatic N) is 3. The smallest absolute Gasteiger partial charge is 0.339 e. The number of ether oxygens (including phenoxy) is 2. The van der Waals surface area contributed by atoms with Gasteiger partial charge in [-0.2, -0.15) is 0 Å². The van der Waals surface area contributed by atoms with E-state index < -0.39 is 5.82 Å². The standard InChI is InChI=1S/C21H18FN3O3S/c1-27-18-10-9-14(12-19(18)28-2)25-21(26)24(13-16-15(22)6-5-11-23-16)17-7-3-4-8-20(17)29-25/h3-12H,13H2,1-2H3. The Morgan fingerprint density at radius 2 is 1.83 bits per heavy atom. The average Bonchev–Trinajstić information content (AvgIpc) is 2.76. The number of amides is 2. The number of fused-ring (bicyclic) bond motifs is 1. The van der Waals surface area contributed by atoms with E-state index in [1.54, 1.807) is 29.6 Å². The van der Waals surface area contributed by atoms with Crippen LogP contribution in [-0.2, 0) is 6.54 Å². The molecule has 0 aliphatic carbocycles. The van der Waals surface area contributed by atoms with Gasteiger partial charge in [0, 0.05) is 12.3 Å². The van der Waals surface area contributed by atoms with Gasteiger partial charge in [0.15, 0.2) is 11.5 Å². The summed E-state index contributed by atoms with van der Waals surface area (Å²) < 4.78 is 26.4. The van der Waals surface area contributed by atoms with Crippen molar-refractivity contribution in [3.63, 3.8) is 0 Å². The van der Waals surface area contributed by atoms with E-state index in [1.807, 2.05) is 24.3 Å². The van der Waals surface area contributed by atoms with Gasteiger partial charge >= 0.3 is 6.03 Å². The molecule has 0 fully saturated rings. The van der Waals surface area contributed by atoms with Gasteiger partial charge in [-0.3, -0.25) is 9.88 Å². The summed E-state index contributed by atoms with van der Waals surface area (Å²) >= 11 is 1.30. The van der Waals surface area contributed by atoms with Crippen LogP contribution in [-0.4, -0.2) is 25.2 Å². The average molecular weight is 411 g/mol. The van der Waals surface area contributed by atoms with Crippen molar-refractivity contribution < 1.29 is 18.7 Å². The number of carbonyl (C=O) groups excluding carboxylic acids is 1. The zero-order valence-corrected chi connectivity index (χ0v) is 16.6. The lowest BCUT2D eigenvalue weighted by molar-refractivity contribution is 0.254. The molecule has 1 aliphatic heterocycles. The van der Waals surface area contributed by atoms with Gasteiger partial charge in [0.1, 0.15) is 5.82 Å². The minimum atomic E-state index is -0.450. The number of benzene rings is 2. The first-order valence-corrected chi connectivity index (χ1v) is 9.59. The number of rotatable bonds is 5. The number of methoxy groups -OCH3 is 2. The summed E-state index contributed by atoms with van der Waals surface area (Å²) in [6.45, 7) is 0.0207. The zero-order valence-electron chi connectivity index (χ0n) is 15.8. The zero-order chi connectivity index (χ0) is 20.4. The Hall–Kier alpha value is -3.26. The molecule has 0 bridgehead atoms. The fraction of sp³-hybridized carbons (Fsp3) is 0.143.